The van der Waals surface area contributed by atoms with E-state index in [1.54, 1.807) is 0 Å². The van der Waals surface area contributed by atoms with Crippen molar-refractivity contribution in [2.75, 3.05) is 82.4 Å². The lowest BCUT2D eigenvalue weighted by atomic mass is 10.0. The number of ether oxygens (including phenoxy) is 1. The fourth-order valence-corrected chi connectivity index (χ4v) is 4.30. The number of likely N-dealkylation sites (N-methyl/N-ethyl adjacent to an activating group) is 1. The first-order valence-electron chi connectivity index (χ1n) is 10.5. The van der Waals surface area contributed by atoms with Crippen LogP contribution in [0.15, 0.2) is 0 Å². The summed E-state index contributed by atoms with van der Waals surface area (Å²) in [5.74, 6) is 2.77. The maximum absolute atomic E-state index is 5.59. The van der Waals surface area contributed by atoms with Crippen molar-refractivity contribution in [3.05, 3.63) is 11.3 Å². The van der Waals surface area contributed by atoms with E-state index in [0.717, 1.165) is 90.3 Å². The molecule has 0 radical (unpaired) electrons. The standard InChI is InChI=1S/C20H34N6O/c1-16(2)14-24-5-4-18-17(15-24)19(25-10-12-27-13-11-25)22-20(21-18)26-8-6-23(3)7-9-26/h16H,4-15H2,1-3H3. The van der Waals surface area contributed by atoms with Gasteiger partial charge in [0.2, 0.25) is 5.95 Å². The summed E-state index contributed by atoms with van der Waals surface area (Å²) in [6, 6.07) is 0. The van der Waals surface area contributed by atoms with Gasteiger partial charge in [-0.1, -0.05) is 13.8 Å². The van der Waals surface area contributed by atoms with Gasteiger partial charge in [0.15, 0.2) is 0 Å². The summed E-state index contributed by atoms with van der Waals surface area (Å²) < 4.78 is 5.59. The van der Waals surface area contributed by atoms with Gasteiger partial charge < -0.3 is 19.4 Å². The highest BCUT2D eigenvalue weighted by atomic mass is 16.5. The Morgan fingerprint density at radius 1 is 0.926 bits per heavy atom. The summed E-state index contributed by atoms with van der Waals surface area (Å²) in [6.07, 6.45) is 1.03. The van der Waals surface area contributed by atoms with Crippen LogP contribution in [0.25, 0.3) is 0 Å². The molecule has 1 aromatic rings. The molecule has 150 valence electrons. The zero-order valence-electron chi connectivity index (χ0n) is 17.2. The Balaban J connectivity index is 1.64. The molecule has 1 aromatic heterocycles. The van der Waals surface area contributed by atoms with Gasteiger partial charge in [-0.05, 0) is 13.0 Å². The molecule has 3 aliphatic heterocycles. The minimum absolute atomic E-state index is 0.684. The summed E-state index contributed by atoms with van der Waals surface area (Å²) >= 11 is 0. The maximum atomic E-state index is 5.59. The molecular formula is C20H34N6O. The SMILES string of the molecule is CC(C)CN1CCc2nc(N3CCN(C)CC3)nc(N3CCOCC3)c2C1. The number of anilines is 2. The van der Waals surface area contributed by atoms with Crippen molar-refractivity contribution < 1.29 is 4.74 Å². The third-order valence-corrected chi connectivity index (χ3v) is 5.83. The molecular weight excluding hydrogens is 340 g/mol. The van der Waals surface area contributed by atoms with Crippen LogP contribution in [0.5, 0.6) is 0 Å². The van der Waals surface area contributed by atoms with E-state index in [1.807, 2.05) is 0 Å². The first-order chi connectivity index (χ1) is 13.1. The van der Waals surface area contributed by atoms with Crippen LogP contribution in [-0.4, -0.2) is 92.4 Å². The van der Waals surface area contributed by atoms with E-state index in [-0.39, 0.29) is 0 Å². The van der Waals surface area contributed by atoms with Gasteiger partial charge in [0.25, 0.3) is 0 Å². The summed E-state index contributed by atoms with van der Waals surface area (Å²) in [6.45, 7) is 15.4. The summed E-state index contributed by atoms with van der Waals surface area (Å²) in [4.78, 5) is 19.9. The zero-order valence-corrected chi connectivity index (χ0v) is 17.2. The molecule has 0 saturated carbocycles. The molecule has 0 bridgehead atoms. The normalized spacial score (nSPS) is 22.4. The second kappa shape index (κ2) is 8.29. The van der Waals surface area contributed by atoms with Crippen molar-refractivity contribution in [2.45, 2.75) is 26.8 Å². The molecule has 2 fully saturated rings. The van der Waals surface area contributed by atoms with E-state index in [1.165, 1.54) is 11.3 Å². The molecule has 3 aliphatic rings. The van der Waals surface area contributed by atoms with E-state index in [4.69, 9.17) is 14.7 Å². The van der Waals surface area contributed by atoms with Gasteiger partial charge in [-0.25, -0.2) is 4.98 Å². The zero-order chi connectivity index (χ0) is 18.8. The topological polar surface area (TPSA) is 48.0 Å². The van der Waals surface area contributed by atoms with E-state index >= 15 is 0 Å². The lowest BCUT2D eigenvalue weighted by molar-refractivity contribution is 0.122. The van der Waals surface area contributed by atoms with Crippen molar-refractivity contribution in [3.63, 3.8) is 0 Å². The smallest absolute Gasteiger partial charge is 0.227 e. The number of rotatable bonds is 4. The average molecular weight is 375 g/mol. The highest BCUT2D eigenvalue weighted by molar-refractivity contribution is 5.54. The maximum Gasteiger partial charge on any atom is 0.227 e. The summed E-state index contributed by atoms with van der Waals surface area (Å²) in [5.41, 5.74) is 2.61. The van der Waals surface area contributed by atoms with Gasteiger partial charge in [0.1, 0.15) is 5.82 Å². The van der Waals surface area contributed by atoms with E-state index in [2.05, 4.69) is 40.5 Å². The minimum atomic E-state index is 0.684. The van der Waals surface area contributed by atoms with Crippen molar-refractivity contribution in [1.82, 2.24) is 19.8 Å². The fraction of sp³-hybridized carbons (Fsp3) is 0.800. The van der Waals surface area contributed by atoms with Crippen LogP contribution < -0.4 is 9.80 Å². The Kier molecular flexibility index (Phi) is 5.80. The third-order valence-electron chi connectivity index (χ3n) is 5.83. The average Bonchev–Trinajstić information content (AvgIpc) is 2.68. The van der Waals surface area contributed by atoms with Crippen LogP contribution in [0, 0.1) is 5.92 Å². The lowest BCUT2D eigenvalue weighted by Crippen LogP contribution is -2.46. The Hall–Kier alpha value is -1.44. The van der Waals surface area contributed by atoms with Gasteiger partial charge >= 0.3 is 0 Å². The van der Waals surface area contributed by atoms with Crippen molar-refractivity contribution >= 4 is 11.8 Å². The predicted octanol–water partition coefficient (Wildman–Crippen LogP) is 1.08. The summed E-state index contributed by atoms with van der Waals surface area (Å²) in [5, 5.41) is 0. The second-order valence-electron chi connectivity index (χ2n) is 8.54. The van der Waals surface area contributed by atoms with Gasteiger partial charge in [0, 0.05) is 70.9 Å². The highest BCUT2D eigenvalue weighted by Crippen LogP contribution is 2.30. The molecule has 0 N–H and O–H groups in total. The fourth-order valence-electron chi connectivity index (χ4n) is 4.30. The van der Waals surface area contributed by atoms with E-state index < -0.39 is 0 Å². The molecule has 0 atom stereocenters. The van der Waals surface area contributed by atoms with Gasteiger partial charge in [0.05, 0.1) is 18.9 Å². The second-order valence-corrected chi connectivity index (χ2v) is 8.54. The molecule has 7 heteroatoms. The number of morpholine rings is 1. The highest BCUT2D eigenvalue weighted by Gasteiger charge is 2.28. The molecule has 0 aromatic carbocycles. The molecule has 7 nitrogen and oxygen atoms in total. The molecule has 0 spiro atoms. The first-order valence-corrected chi connectivity index (χ1v) is 10.5. The van der Waals surface area contributed by atoms with Crippen LogP contribution >= 0.6 is 0 Å². The molecule has 0 amide bonds. The number of fused-ring (bicyclic) bond motifs is 1. The van der Waals surface area contributed by atoms with Crippen molar-refractivity contribution in [2.24, 2.45) is 5.92 Å². The van der Waals surface area contributed by atoms with Crippen LogP contribution in [-0.2, 0) is 17.7 Å². The number of hydrogen-bond acceptors (Lipinski definition) is 7. The van der Waals surface area contributed by atoms with E-state index in [9.17, 15) is 0 Å². The first kappa shape index (κ1) is 18.9. The van der Waals surface area contributed by atoms with Crippen LogP contribution in [0.2, 0.25) is 0 Å². The molecule has 4 rings (SSSR count). The van der Waals surface area contributed by atoms with Gasteiger partial charge in [-0.15, -0.1) is 0 Å². The van der Waals surface area contributed by atoms with Crippen molar-refractivity contribution in [3.8, 4) is 0 Å². The lowest BCUT2D eigenvalue weighted by Gasteiger charge is -2.37. The Morgan fingerprint density at radius 2 is 1.67 bits per heavy atom. The van der Waals surface area contributed by atoms with Crippen LogP contribution in [0.1, 0.15) is 25.1 Å². The monoisotopic (exact) mass is 374 g/mol. The van der Waals surface area contributed by atoms with Gasteiger partial charge in [-0.3, -0.25) is 4.90 Å². The summed E-state index contributed by atoms with van der Waals surface area (Å²) in [7, 11) is 2.19. The Labute approximate surface area is 163 Å². The quantitative estimate of drug-likeness (QED) is 0.781. The molecule has 0 aliphatic carbocycles. The third kappa shape index (κ3) is 4.36. The molecule has 4 heterocycles. The van der Waals surface area contributed by atoms with Gasteiger partial charge in [-0.2, -0.15) is 4.98 Å². The number of piperazine rings is 1. The number of hydrogen-bond donors (Lipinski definition) is 0. The van der Waals surface area contributed by atoms with Crippen LogP contribution in [0.3, 0.4) is 0 Å². The predicted molar refractivity (Wildman–Crippen MR) is 109 cm³/mol. The Morgan fingerprint density at radius 3 is 2.37 bits per heavy atom. The Bertz CT molecular complexity index is 638. The van der Waals surface area contributed by atoms with Crippen LogP contribution in [0.4, 0.5) is 11.8 Å². The molecule has 0 unspecified atom stereocenters. The molecule has 27 heavy (non-hydrogen) atoms. The van der Waals surface area contributed by atoms with Crippen molar-refractivity contribution in [1.29, 1.82) is 0 Å². The number of aromatic nitrogens is 2. The number of nitrogens with zero attached hydrogens (tertiary/aromatic N) is 6. The largest absolute Gasteiger partial charge is 0.378 e. The minimum Gasteiger partial charge on any atom is -0.378 e. The molecule has 2 saturated heterocycles. The van der Waals surface area contributed by atoms with E-state index in [0.29, 0.717) is 5.92 Å².